The zero-order valence-corrected chi connectivity index (χ0v) is 11.5. The van der Waals surface area contributed by atoms with Crippen molar-refractivity contribution in [1.29, 1.82) is 0 Å². The van der Waals surface area contributed by atoms with E-state index in [9.17, 15) is 22.0 Å². The number of halogens is 2. The van der Waals surface area contributed by atoms with E-state index in [2.05, 4.69) is 5.32 Å². The number of carbonyl (C=O) groups excluding carboxylic acids is 1. The second-order valence-corrected chi connectivity index (χ2v) is 5.53. The largest absolute Gasteiger partial charge is 0.491 e. The van der Waals surface area contributed by atoms with Gasteiger partial charge in [0.25, 0.3) is 5.91 Å². The minimum atomic E-state index is -3.74. The van der Waals surface area contributed by atoms with Crippen LogP contribution in [-0.4, -0.2) is 33.2 Å². The number of nitrogens with two attached hydrogens (primary N) is 1. The van der Waals surface area contributed by atoms with Crippen molar-refractivity contribution in [2.75, 3.05) is 18.9 Å². The minimum absolute atomic E-state index is 0.149. The summed E-state index contributed by atoms with van der Waals surface area (Å²) in [4.78, 5) is 11.6. The number of carbonyl (C=O) groups is 1. The summed E-state index contributed by atoms with van der Waals surface area (Å²) in [7, 11) is -3.74. The van der Waals surface area contributed by atoms with Crippen LogP contribution in [0.1, 0.15) is 17.3 Å². The molecule has 3 N–H and O–H groups in total. The molecule has 1 amide bonds. The first-order valence-electron chi connectivity index (χ1n) is 5.65. The number of nitrogens with one attached hydrogen (secondary N) is 1. The van der Waals surface area contributed by atoms with Crippen molar-refractivity contribution < 1.29 is 26.7 Å². The smallest absolute Gasteiger partial charge is 0.254 e. The lowest BCUT2D eigenvalue weighted by molar-refractivity contribution is 0.0951. The normalized spacial score (nSPS) is 11.2. The van der Waals surface area contributed by atoms with Gasteiger partial charge in [0.05, 0.1) is 17.9 Å². The third-order valence-corrected chi connectivity index (χ3v) is 3.04. The maximum absolute atomic E-state index is 13.6. The molecule has 0 saturated heterocycles. The highest BCUT2D eigenvalue weighted by Crippen LogP contribution is 2.22. The van der Waals surface area contributed by atoms with Crippen LogP contribution in [0, 0.1) is 11.6 Å². The van der Waals surface area contributed by atoms with Gasteiger partial charge in [-0.2, -0.15) is 4.39 Å². The van der Waals surface area contributed by atoms with Crippen molar-refractivity contribution in [3.63, 3.8) is 0 Å². The average molecular weight is 308 g/mol. The first kappa shape index (κ1) is 16.3. The Labute approximate surface area is 115 Å². The van der Waals surface area contributed by atoms with E-state index in [-0.39, 0.29) is 18.9 Å². The van der Waals surface area contributed by atoms with Gasteiger partial charge in [-0.05, 0) is 19.1 Å². The van der Waals surface area contributed by atoms with Gasteiger partial charge in [-0.25, -0.2) is 17.9 Å². The molecule has 112 valence electrons. The van der Waals surface area contributed by atoms with Gasteiger partial charge in [0, 0.05) is 6.54 Å². The molecule has 0 spiro atoms. The molecule has 1 aromatic carbocycles. The second kappa shape index (κ2) is 6.62. The Balaban J connectivity index is 2.81. The predicted molar refractivity (Wildman–Crippen MR) is 67.8 cm³/mol. The number of ether oxygens (including phenoxy) is 1. The Morgan fingerprint density at radius 2 is 2.00 bits per heavy atom. The molecular weight excluding hydrogens is 294 g/mol. The predicted octanol–water partition coefficient (Wildman–Crippen LogP) is 0.382. The van der Waals surface area contributed by atoms with Crippen molar-refractivity contribution in [3.05, 3.63) is 29.3 Å². The van der Waals surface area contributed by atoms with E-state index in [4.69, 9.17) is 9.88 Å². The van der Waals surface area contributed by atoms with Crippen LogP contribution in [0.3, 0.4) is 0 Å². The lowest BCUT2D eigenvalue weighted by Crippen LogP contribution is -2.32. The molecule has 0 heterocycles. The van der Waals surface area contributed by atoms with Crippen LogP contribution >= 0.6 is 0 Å². The van der Waals surface area contributed by atoms with Gasteiger partial charge < -0.3 is 10.1 Å². The van der Waals surface area contributed by atoms with Gasteiger partial charge in [0.1, 0.15) is 0 Å². The van der Waals surface area contributed by atoms with E-state index < -0.39 is 38.9 Å². The molecule has 9 heteroatoms. The maximum Gasteiger partial charge on any atom is 0.254 e. The molecule has 0 aliphatic heterocycles. The molecular formula is C11H14F2N2O4S. The Morgan fingerprint density at radius 3 is 2.55 bits per heavy atom. The molecule has 0 atom stereocenters. The fraction of sp³-hybridized carbons (Fsp3) is 0.364. The quantitative estimate of drug-likeness (QED) is 0.794. The molecule has 0 unspecified atom stereocenters. The highest BCUT2D eigenvalue weighted by Gasteiger charge is 2.19. The standard InChI is InChI=1S/C11H14F2N2O4S/c1-2-19-8-4-3-7(9(12)10(8)13)11(16)15-5-6-20(14,17)18/h3-4H,2,5-6H2,1H3,(H,15,16)(H2,14,17,18). The Bertz CT molecular complexity index is 605. The monoisotopic (exact) mass is 308 g/mol. The molecule has 20 heavy (non-hydrogen) atoms. The van der Waals surface area contributed by atoms with Crippen molar-refractivity contribution in [1.82, 2.24) is 5.32 Å². The van der Waals surface area contributed by atoms with E-state index in [1.165, 1.54) is 0 Å². The van der Waals surface area contributed by atoms with Gasteiger partial charge >= 0.3 is 0 Å². The Kier molecular flexibility index (Phi) is 5.40. The summed E-state index contributed by atoms with van der Waals surface area (Å²) in [5.41, 5.74) is -0.541. The number of benzene rings is 1. The summed E-state index contributed by atoms with van der Waals surface area (Å²) in [5.74, 6) is -4.37. The molecule has 0 aromatic heterocycles. The highest BCUT2D eigenvalue weighted by atomic mass is 32.2. The van der Waals surface area contributed by atoms with Crippen LogP contribution in [0.4, 0.5) is 8.78 Å². The third kappa shape index (κ3) is 4.42. The molecule has 0 aliphatic carbocycles. The summed E-state index contributed by atoms with van der Waals surface area (Å²) >= 11 is 0. The number of rotatable bonds is 6. The number of primary sulfonamides is 1. The van der Waals surface area contributed by atoms with E-state index in [0.29, 0.717) is 0 Å². The lowest BCUT2D eigenvalue weighted by atomic mass is 10.2. The van der Waals surface area contributed by atoms with Crippen molar-refractivity contribution in [2.45, 2.75) is 6.92 Å². The van der Waals surface area contributed by atoms with Crippen LogP contribution in [-0.2, 0) is 10.0 Å². The van der Waals surface area contributed by atoms with Crippen LogP contribution < -0.4 is 15.2 Å². The topological polar surface area (TPSA) is 98.5 Å². The van der Waals surface area contributed by atoms with E-state index in [0.717, 1.165) is 12.1 Å². The number of hydrogen-bond donors (Lipinski definition) is 2. The lowest BCUT2D eigenvalue weighted by Gasteiger charge is -2.09. The molecule has 1 rings (SSSR count). The van der Waals surface area contributed by atoms with Crippen LogP contribution in [0.25, 0.3) is 0 Å². The Morgan fingerprint density at radius 1 is 1.35 bits per heavy atom. The third-order valence-electron chi connectivity index (χ3n) is 2.26. The van der Waals surface area contributed by atoms with Gasteiger partial charge in [0.15, 0.2) is 11.6 Å². The average Bonchev–Trinajstić information content (AvgIpc) is 2.33. The summed E-state index contributed by atoms with van der Waals surface area (Å²) < 4.78 is 53.3. The first-order valence-corrected chi connectivity index (χ1v) is 7.37. The summed E-state index contributed by atoms with van der Waals surface area (Å²) in [6.45, 7) is 1.45. The van der Waals surface area contributed by atoms with Crippen molar-refractivity contribution in [2.24, 2.45) is 5.14 Å². The molecule has 6 nitrogen and oxygen atoms in total. The number of hydrogen-bond acceptors (Lipinski definition) is 4. The fourth-order valence-electron chi connectivity index (χ4n) is 1.38. The summed E-state index contributed by atoms with van der Waals surface area (Å²) in [6, 6.07) is 2.17. The number of sulfonamides is 1. The zero-order valence-electron chi connectivity index (χ0n) is 10.7. The Hall–Kier alpha value is -1.74. The maximum atomic E-state index is 13.6. The van der Waals surface area contributed by atoms with E-state index >= 15 is 0 Å². The SMILES string of the molecule is CCOc1ccc(C(=O)NCCS(N)(=O)=O)c(F)c1F. The second-order valence-electron chi connectivity index (χ2n) is 3.80. The zero-order chi connectivity index (χ0) is 15.3. The van der Waals surface area contributed by atoms with Crippen LogP contribution in [0.5, 0.6) is 5.75 Å². The van der Waals surface area contributed by atoms with Gasteiger partial charge in [-0.15, -0.1) is 0 Å². The molecule has 0 saturated carbocycles. The first-order chi connectivity index (χ1) is 9.26. The fourth-order valence-corrected chi connectivity index (χ4v) is 1.76. The van der Waals surface area contributed by atoms with Crippen molar-refractivity contribution in [3.8, 4) is 5.75 Å². The molecule has 1 aromatic rings. The van der Waals surface area contributed by atoms with Crippen molar-refractivity contribution >= 4 is 15.9 Å². The van der Waals surface area contributed by atoms with E-state index in [1.807, 2.05) is 0 Å². The summed E-state index contributed by atoms with van der Waals surface area (Å²) in [6.07, 6.45) is 0. The molecule has 0 radical (unpaired) electrons. The highest BCUT2D eigenvalue weighted by molar-refractivity contribution is 7.89. The minimum Gasteiger partial charge on any atom is -0.491 e. The molecule has 0 fully saturated rings. The molecule has 0 bridgehead atoms. The van der Waals surface area contributed by atoms with Gasteiger partial charge in [-0.3, -0.25) is 4.79 Å². The van der Waals surface area contributed by atoms with Gasteiger partial charge in [0.2, 0.25) is 15.8 Å². The molecule has 0 aliphatic rings. The summed E-state index contributed by atoms with van der Waals surface area (Å²) in [5, 5.41) is 6.87. The van der Waals surface area contributed by atoms with E-state index in [1.54, 1.807) is 6.92 Å². The van der Waals surface area contributed by atoms with Crippen LogP contribution in [0.15, 0.2) is 12.1 Å². The van der Waals surface area contributed by atoms with Gasteiger partial charge in [-0.1, -0.05) is 0 Å². The van der Waals surface area contributed by atoms with Crippen LogP contribution in [0.2, 0.25) is 0 Å². The number of amides is 1.